The van der Waals surface area contributed by atoms with Gasteiger partial charge in [0.15, 0.2) is 0 Å². The standard InChI is InChI=1S/C18H27NO2/c1-13(11-15(12-19)17(20)21-5)8-9-16-14(2)7-6-10-18(16,3)4/h11,13H,6-10H2,1-5H3. The first-order valence-electron chi connectivity index (χ1n) is 7.71. The van der Waals surface area contributed by atoms with Crippen LogP contribution in [0, 0.1) is 22.7 Å². The molecule has 0 bridgehead atoms. The molecule has 3 heteroatoms. The van der Waals surface area contributed by atoms with Gasteiger partial charge in [0.2, 0.25) is 0 Å². The summed E-state index contributed by atoms with van der Waals surface area (Å²) in [7, 11) is 1.30. The van der Waals surface area contributed by atoms with E-state index in [1.807, 2.05) is 13.0 Å². The molecule has 0 N–H and O–H groups in total. The summed E-state index contributed by atoms with van der Waals surface area (Å²) >= 11 is 0. The highest BCUT2D eigenvalue weighted by atomic mass is 16.5. The minimum absolute atomic E-state index is 0.110. The Bertz CT molecular complexity index is 492. The predicted molar refractivity (Wildman–Crippen MR) is 84.4 cm³/mol. The van der Waals surface area contributed by atoms with Crippen LogP contribution in [0.4, 0.5) is 0 Å². The Labute approximate surface area is 128 Å². The number of hydrogen-bond acceptors (Lipinski definition) is 3. The maximum Gasteiger partial charge on any atom is 0.348 e. The number of esters is 1. The second-order valence-electron chi connectivity index (χ2n) is 6.70. The summed E-state index contributed by atoms with van der Waals surface area (Å²) in [6.45, 7) is 8.93. The van der Waals surface area contributed by atoms with Crippen LogP contribution < -0.4 is 0 Å². The van der Waals surface area contributed by atoms with E-state index >= 15 is 0 Å². The first kappa shape index (κ1) is 17.5. The smallest absolute Gasteiger partial charge is 0.348 e. The lowest BCUT2D eigenvalue weighted by molar-refractivity contribution is -0.135. The fraction of sp³-hybridized carbons (Fsp3) is 0.667. The molecular formula is C18H27NO2. The zero-order chi connectivity index (χ0) is 16.0. The SMILES string of the molecule is COC(=O)C(C#N)=CC(C)CCC1=C(C)CCCC1(C)C. The molecule has 0 aromatic carbocycles. The van der Waals surface area contributed by atoms with E-state index in [4.69, 9.17) is 5.26 Å². The molecular weight excluding hydrogens is 262 g/mol. The molecule has 0 saturated carbocycles. The van der Waals surface area contributed by atoms with E-state index in [-0.39, 0.29) is 16.9 Å². The van der Waals surface area contributed by atoms with Gasteiger partial charge < -0.3 is 4.74 Å². The molecule has 1 rings (SSSR count). The number of methoxy groups -OCH3 is 1. The maximum atomic E-state index is 11.4. The number of hydrogen-bond donors (Lipinski definition) is 0. The van der Waals surface area contributed by atoms with Crippen molar-refractivity contribution >= 4 is 5.97 Å². The lowest BCUT2D eigenvalue weighted by Gasteiger charge is -2.35. The Morgan fingerprint density at radius 2 is 2.19 bits per heavy atom. The number of nitrogens with zero attached hydrogens (tertiary/aromatic N) is 1. The summed E-state index contributed by atoms with van der Waals surface area (Å²) in [6.07, 6.45) is 7.45. The molecule has 0 spiro atoms. The van der Waals surface area contributed by atoms with Crippen LogP contribution in [0.3, 0.4) is 0 Å². The summed E-state index contributed by atoms with van der Waals surface area (Å²) < 4.78 is 4.61. The lowest BCUT2D eigenvalue weighted by atomic mass is 9.71. The second kappa shape index (κ2) is 7.45. The highest BCUT2D eigenvalue weighted by Crippen LogP contribution is 2.42. The van der Waals surface area contributed by atoms with E-state index < -0.39 is 5.97 Å². The van der Waals surface area contributed by atoms with Crippen LogP contribution >= 0.6 is 0 Å². The van der Waals surface area contributed by atoms with Gasteiger partial charge in [-0.1, -0.05) is 38.0 Å². The average molecular weight is 289 g/mol. The minimum Gasteiger partial charge on any atom is -0.465 e. The number of carbonyl (C=O) groups excluding carboxylic acids is 1. The summed E-state index contributed by atoms with van der Waals surface area (Å²) in [5.74, 6) is -0.352. The fourth-order valence-corrected chi connectivity index (χ4v) is 3.23. The zero-order valence-corrected chi connectivity index (χ0v) is 14.0. The Balaban J connectivity index is 2.73. The predicted octanol–water partition coefficient (Wildman–Crippen LogP) is 4.55. The largest absolute Gasteiger partial charge is 0.465 e. The van der Waals surface area contributed by atoms with Gasteiger partial charge in [0.1, 0.15) is 11.6 Å². The molecule has 1 atom stereocenters. The Morgan fingerprint density at radius 1 is 1.52 bits per heavy atom. The van der Waals surface area contributed by atoms with Crippen LogP contribution in [0.2, 0.25) is 0 Å². The summed E-state index contributed by atoms with van der Waals surface area (Å²) in [4.78, 5) is 11.4. The van der Waals surface area contributed by atoms with Crippen molar-refractivity contribution < 1.29 is 9.53 Å². The van der Waals surface area contributed by atoms with E-state index in [0.717, 1.165) is 12.8 Å². The quantitative estimate of drug-likeness (QED) is 0.323. The molecule has 1 unspecified atom stereocenters. The van der Waals surface area contributed by atoms with Crippen molar-refractivity contribution in [1.29, 1.82) is 5.26 Å². The first-order chi connectivity index (χ1) is 9.81. The first-order valence-corrected chi connectivity index (χ1v) is 7.71. The zero-order valence-electron chi connectivity index (χ0n) is 14.0. The van der Waals surface area contributed by atoms with Crippen molar-refractivity contribution in [2.45, 2.75) is 59.8 Å². The van der Waals surface area contributed by atoms with Crippen LogP contribution in [0.5, 0.6) is 0 Å². The summed E-state index contributed by atoms with van der Waals surface area (Å²) in [6, 6.07) is 1.92. The summed E-state index contributed by atoms with van der Waals surface area (Å²) in [5, 5.41) is 8.99. The fourth-order valence-electron chi connectivity index (χ4n) is 3.23. The van der Waals surface area contributed by atoms with E-state index in [1.165, 1.54) is 31.9 Å². The molecule has 0 aliphatic heterocycles. The van der Waals surface area contributed by atoms with Crippen LogP contribution in [-0.2, 0) is 9.53 Å². The van der Waals surface area contributed by atoms with Crippen molar-refractivity contribution in [2.24, 2.45) is 11.3 Å². The third-order valence-electron chi connectivity index (χ3n) is 4.51. The monoisotopic (exact) mass is 289 g/mol. The summed E-state index contributed by atoms with van der Waals surface area (Å²) in [5.41, 5.74) is 3.48. The number of carbonyl (C=O) groups is 1. The van der Waals surface area contributed by atoms with Crippen LogP contribution in [-0.4, -0.2) is 13.1 Å². The van der Waals surface area contributed by atoms with Crippen molar-refractivity contribution in [3.63, 3.8) is 0 Å². The van der Waals surface area contributed by atoms with Crippen LogP contribution in [0.15, 0.2) is 22.8 Å². The van der Waals surface area contributed by atoms with E-state index in [2.05, 4.69) is 25.5 Å². The Kier molecular flexibility index (Phi) is 6.20. The second-order valence-corrected chi connectivity index (χ2v) is 6.70. The molecule has 116 valence electrons. The molecule has 0 fully saturated rings. The van der Waals surface area contributed by atoms with E-state index in [1.54, 1.807) is 11.6 Å². The third-order valence-corrected chi connectivity index (χ3v) is 4.51. The van der Waals surface area contributed by atoms with Gasteiger partial charge in [-0.15, -0.1) is 0 Å². The molecule has 0 aromatic heterocycles. The average Bonchev–Trinajstić information content (AvgIpc) is 2.42. The van der Waals surface area contributed by atoms with E-state index in [0.29, 0.717) is 0 Å². The van der Waals surface area contributed by atoms with Crippen molar-refractivity contribution in [3.8, 4) is 6.07 Å². The number of nitriles is 1. The molecule has 0 amide bonds. The normalized spacial score (nSPS) is 19.9. The Hall–Kier alpha value is -1.56. The highest BCUT2D eigenvalue weighted by molar-refractivity contribution is 5.92. The highest BCUT2D eigenvalue weighted by Gasteiger charge is 2.28. The molecule has 1 aliphatic rings. The van der Waals surface area contributed by atoms with Crippen molar-refractivity contribution in [1.82, 2.24) is 0 Å². The van der Waals surface area contributed by atoms with Gasteiger partial charge >= 0.3 is 5.97 Å². The maximum absolute atomic E-state index is 11.4. The van der Waals surface area contributed by atoms with Gasteiger partial charge in [-0.3, -0.25) is 0 Å². The number of ether oxygens (including phenoxy) is 1. The van der Waals surface area contributed by atoms with Gasteiger partial charge in [-0.2, -0.15) is 5.26 Å². The Morgan fingerprint density at radius 3 is 2.71 bits per heavy atom. The molecule has 0 heterocycles. The molecule has 0 saturated heterocycles. The molecule has 1 aliphatic carbocycles. The molecule has 0 aromatic rings. The van der Waals surface area contributed by atoms with Crippen LogP contribution in [0.25, 0.3) is 0 Å². The number of rotatable bonds is 5. The van der Waals surface area contributed by atoms with Gasteiger partial charge in [-0.05, 0) is 50.4 Å². The van der Waals surface area contributed by atoms with Gasteiger partial charge in [0.05, 0.1) is 7.11 Å². The molecule has 3 nitrogen and oxygen atoms in total. The third kappa shape index (κ3) is 4.74. The molecule has 21 heavy (non-hydrogen) atoms. The minimum atomic E-state index is -0.544. The molecule has 0 radical (unpaired) electrons. The van der Waals surface area contributed by atoms with Crippen LogP contribution in [0.1, 0.15) is 59.8 Å². The van der Waals surface area contributed by atoms with Gasteiger partial charge in [0, 0.05) is 0 Å². The van der Waals surface area contributed by atoms with Gasteiger partial charge in [0.25, 0.3) is 0 Å². The van der Waals surface area contributed by atoms with Crippen molar-refractivity contribution in [3.05, 3.63) is 22.8 Å². The number of allylic oxidation sites excluding steroid dienone is 3. The van der Waals surface area contributed by atoms with Crippen molar-refractivity contribution in [2.75, 3.05) is 7.11 Å². The van der Waals surface area contributed by atoms with E-state index in [9.17, 15) is 4.79 Å². The topological polar surface area (TPSA) is 50.1 Å². The lowest BCUT2D eigenvalue weighted by Crippen LogP contribution is -2.20. The van der Waals surface area contributed by atoms with Gasteiger partial charge in [-0.25, -0.2) is 4.79 Å².